The Bertz CT molecular complexity index is 463. The van der Waals surface area contributed by atoms with Crippen LogP contribution in [0.4, 0.5) is 13.2 Å². The van der Waals surface area contributed by atoms with Gasteiger partial charge in [0.2, 0.25) is 11.8 Å². The molecule has 0 bridgehead atoms. The SMILES string of the molecule is CC(C)(CC(=O)O)CC(=O)N[C@H]1CC(=O)N(CC(F)(F)F)C1. The largest absolute Gasteiger partial charge is 0.481 e. The van der Waals surface area contributed by atoms with E-state index in [1.54, 1.807) is 13.8 Å². The lowest BCUT2D eigenvalue weighted by Crippen LogP contribution is -2.41. The van der Waals surface area contributed by atoms with Crippen LogP contribution in [0.1, 0.15) is 33.1 Å². The summed E-state index contributed by atoms with van der Waals surface area (Å²) in [5.74, 6) is -2.17. The molecule has 6 nitrogen and oxygen atoms in total. The summed E-state index contributed by atoms with van der Waals surface area (Å²) >= 11 is 0. The minimum atomic E-state index is -4.47. The van der Waals surface area contributed by atoms with Crippen molar-refractivity contribution < 1.29 is 32.7 Å². The Labute approximate surface area is 125 Å². The number of carbonyl (C=O) groups excluding carboxylic acids is 2. The number of carbonyl (C=O) groups is 3. The molecular weight excluding hydrogens is 305 g/mol. The number of rotatable bonds is 6. The number of hydrogen-bond acceptors (Lipinski definition) is 3. The summed E-state index contributed by atoms with van der Waals surface area (Å²) < 4.78 is 36.8. The molecule has 1 rings (SSSR count). The zero-order valence-corrected chi connectivity index (χ0v) is 12.4. The Hall–Kier alpha value is -1.80. The van der Waals surface area contributed by atoms with Crippen molar-refractivity contribution in [2.45, 2.75) is 45.3 Å². The second-order valence-electron chi connectivity index (χ2n) is 6.27. The maximum atomic E-state index is 12.3. The fourth-order valence-electron chi connectivity index (χ4n) is 2.42. The van der Waals surface area contributed by atoms with Crippen LogP contribution in [-0.4, -0.2) is 53.1 Å². The first-order valence-electron chi connectivity index (χ1n) is 6.74. The predicted octanol–water partition coefficient (Wildman–Crippen LogP) is 1.16. The number of halogens is 3. The standard InChI is InChI=1S/C13H19F3N2O4/c1-12(2,5-11(21)22)4-9(19)17-8-3-10(20)18(6-8)7-13(14,15)16/h8H,3-7H2,1-2H3,(H,17,19)(H,21,22)/t8-/m0/s1. The molecule has 2 N–H and O–H groups in total. The van der Waals surface area contributed by atoms with Crippen LogP contribution in [-0.2, 0) is 14.4 Å². The molecule has 0 unspecified atom stereocenters. The van der Waals surface area contributed by atoms with Crippen molar-refractivity contribution in [3.8, 4) is 0 Å². The van der Waals surface area contributed by atoms with Crippen molar-refractivity contribution in [3.05, 3.63) is 0 Å². The molecule has 0 radical (unpaired) electrons. The average molecular weight is 324 g/mol. The molecule has 0 aliphatic carbocycles. The smallest absolute Gasteiger partial charge is 0.406 e. The molecule has 9 heteroatoms. The number of aliphatic carboxylic acids is 1. The van der Waals surface area contributed by atoms with Crippen LogP contribution in [0.2, 0.25) is 0 Å². The Kier molecular flexibility index (Phi) is 5.42. The van der Waals surface area contributed by atoms with E-state index >= 15 is 0 Å². The second-order valence-corrected chi connectivity index (χ2v) is 6.27. The van der Waals surface area contributed by atoms with Crippen LogP contribution >= 0.6 is 0 Å². The van der Waals surface area contributed by atoms with E-state index in [1.165, 1.54) is 0 Å². The number of alkyl halides is 3. The van der Waals surface area contributed by atoms with Crippen molar-refractivity contribution in [1.29, 1.82) is 0 Å². The minimum Gasteiger partial charge on any atom is -0.481 e. The van der Waals surface area contributed by atoms with Crippen LogP contribution < -0.4 is 5.32 Å². The highest BCUT2D eigenvalue weighted by molar-refractivity contribution is 5.82. The summed E-state index contributed by atoms with van der Waals surface area (Å²) in [4.78, 5) is 34.6. The third-order valence-corrected chi connectivity index (χ3v) is 3.22. The molecule has 1 fully saturated rings. The normalized spacial score (nSPS) is 19.4. The lowest BCUT2D eigenvalue weighted by molar-refractivity contribution is -0.157. The van der Waals surface area contributed by atoms with Crippen molar-refractivity contribution in [2.75, 3.05) is 13.1 Å². The van der Waals surface area contributed by atoms with Crippen LogP contribution in [0.5, 0.6) is 0 Å². The number of nitrogens with zero attached hydrogens (tertiary/aromatic N) is 1. The van der Waals surface area contributed by atoms with E-state index in [2.05, 4.69) is 5.32 Å². The van der Waals surface area contributed by atoms with E-state index in [0.29, 0.717) is 4.90 Å². The third-order valence-electron chi connectivity index (χ3n) is 3.22. The van der Waals surface area contributed by atoms with Gasteiger partial charge in [-0.2, -0.15) is 13.2 Å². The van der Waals surface area contributed by atoms with E-state index < -0.39 is 42.0 Å². The first-order valence-corrected chi connectivity index (χ1v) is 6.74. The summed E-state index contributed by atoms with van der Waals surface area (Å²) in [7, 11) is 0. The lowest BCUT2D eigenvalue weighted by atomic mass is 9.85. The monoisotopic (exact) mass is 324 g/mol. The van der Waals surface area contributed by atoms with Crippen LogP contribution in [0.15, 0.2) is 0 Å². The Morgan fingerprint density at radius 1 is 1.32 bits per heavy atom. The zero-order valence-electron chi connectivity index (χ0n) is 12.4. The Morgan fingerprint density at radius 3 is 2.41 bits per heavy atom. The summed E-state index contributed by atoms with van der Waals surface area (Å²) in [6, 6.07) is -0.678. The van der Waals surface area contributed by atoms with Crippen molar-refractivity contribution in [2.24, 2.45) is 5.41 Å². The number of nitrogens with one attached hydrogen (secondary N) is 1. The number of amides is 2. The molecule has 0 aromatic carbocycles. The highest BCUT2D eigenvalue weighted by Gasteiger charge is 2.39. The summed E-state index contributed by atoms with van der Waals surface area (Å²) in [6.45, 7) is 1.69. The molecule has 1 saturated heterocycles. The van der Waals surface area contributed by atoms with Gasteiger partial charge < -0.3 is 15.3 Å². The zero-order chi connectivity index (χ0) is 17.1. The molecule has 1 atom stereocenters. The maximum Gasteiger partial charge on any atom is 0.406 e. The molecule has 0 saturated carbocycles. The first kappa shape index (κ1) is 18.2. The van der Waals surface area contributed by atoms with Crippen molar-refractivity contribution in [3.63, 3.8) is 0 Å². The number of carboxylic acids is 1. The molecule has 2 amide bonds. The molecule has 22 heavy (non-hydrogen) atoms. The van der Waals surface area contributed by atoms with Gasteiger partial charge in [-0.15, -0.1) is 0 Å². The van der Waals surface area contributed by atoms with Gasteiger partial charge in [0.05, 0.1) is 12.5 Å². The van der Waals surface area contributed by atoms with Gasteiger partial charge in [0.15, 0.2) is 0 Å². The fourth-order valence-corrected chi connectivity index (χ4v) is 2.42. The van der Waals surface area contributed by atoms with E-state index in [0.717, 1.165) is 0 Å². The van der Waals surface area contributed by atoms with Gasteiger partial charge in [-0.3, -0.25) is 14.4 Å². The molecule has 1 aliphatic rings. The molecule has 0 spiro atoms. The molecule has 1 heterocycles. The third kappa shape index (κ3) is 6.31. The molecular formula is C13H19F3N2O4. The van der Waals surface area contributed by atoms with Gasteiger partial charge in [-0.1, -0.05) is 13.8 Å². The highest BCUT2D eigenvalue weighted by Crippen LogP contribution is 2.25. The Morgan fingerprint density at radius 2 is 1.91 bits per heavy atom. The van der Waals surface area contributed by atoms with Gasteiger partial charge in [-0.05, 0) is 5.41 Å². The second kappa shape index (κ2) is 6.53. The Balaban J connectivity index is 2.50. The molecule has 126 valence electrons. The van der Waals surface area contributed by atoms with Gasteiger partial charge in [-0.25, -0.2) is 0 Å². The first-order chi connectivity index (χ1) is 9.88. The topological polar surface area (TPSA) is 86.7 Å². The molecule has 0 aromatic heterocycles. The number of likely N-dealkylation sites (tertiary alicyclic amines) is 1. The number of carboxylic acid groups (broad SMARTS) is 1. The van der Waals surface area contributed by atoms with Crippen LogP contribution in [0.3, 0.4) is 0 Å². The van der Waals surface area contributed by atoms with Gasteiger partial charge >= 0.3 is 12.1 Å². The maximum absolute atomic E-state index is 12.3. The molecule has 0 aromatic rings. The van der Waals surface area contributed by atoms with E-state index in [9.17, 15) is 27.6 Å². The fraction of sp³-hybridized carbons (Fsp3) is 0.769. The predicted molar refractivity (Wildman–Crippen MR) is 69.8 cm³/mol. The van der Waals surface area contributed by atoms with Crippen LogP contribution in [0, 0.1) is 5.41 Å². The van der Waals surface area contributed by atoms with E-state index in [1.807, 2.05) is 0 Å². The summed E-state index contributed by atoms with van der Waals surface area (Å²) in [5.41, 5.74) is -0.774. The minimum absolute atomic E-state index is 0.0801. The van der Waals surface area contributed by atoms with Gasteiger partial charge in [0.1, 0.15) is 6.54 Å². The summed E-state index contributed by atoms with van der Waals surface area (Å²) in [5, 5.41) is 11.2. The van der Waals surface area contributed by atoms with Gasteiger partial charge in [0.25, 0.3) is 0 Å². The summed E-state index contributed by atoms with van der Waals surface area (Å²) in [6.07, 6.45) is -4.94. The number of hydrogen-bond donors (Lipinski definition) is 2. The van der Waals surface area contributed by atoms with Crippen LogP contribution in [0.25, 0.3) is 0 Å². The molecule has 1 aliphatic heterocycles. The highest BCUT2D eigenvalue weighted by atomic mass is 19.4. The van der Waals surface area contributed by atoms with E-state index in [-0.39, 0.29) is 25.8 Å². The van der Waals surface area contributed by atoms with Crippen molar-refractivity contribution in [1.82, 2.24) is 10.2 Å². The van der Waals surface area contributed by atoms with E-state index in [4.69, 9.17) is 5.11 Å². The lowest BCUT2D eigenvalue weighted by Gasteiger charge is -2.23. The average Bonchev–Trinajstić information content (AvgIpc) is 2.52. The quantitative estimate of drug-likeness (QED) is 0.767. The van der Waals surface area contributed by atoms with Gasteiger partial charge in [0, 0.05) is 19.4 Å². The van der Waals surface area contributed by atoms with Crippen molar-refractivity contribution >= 4 is 17.8 Å².